The molecule has 0 spiro atoms. The number of fused-ring (bicyclic) bond motifs is 2. The molecule has 7 nitrogen and oxygen atoms in total. The molecule has 1 aliphatic heterocycles. The van der Waals surface area contributed by atoms with Crippen LogP contribution in [-0.4, -0.2) is 39.0 Å². The normalized spacial score (nSPS) is 13.6. The van der Waals surface area contributed by atoms with Gasteiger partial charge in [0.2, 0.25) is 0 Å². The molecule has 1 aliphatic rings. The van der Waals surface area contributed by atoms with Gasteiger partial charge in [0.15, 0.2) is 0 Å². The summed E-state index contributed by atoms with van der Waals surface area (Å²) >= 11 is 0. The summed E-state index contributed by atoms with van der Waals surface area (Å²) in [6.45, 7) is 4.24. The van der Waals surface area contributed by atoms with Crippen LogP contribution in [0.4, 0.5) is 16.2 Å². The van der Waals surface area contributed by atoms with Crippen molar-refractivity contribution in [1.82, 2.24) is 14.7 Å². The lowest BCUT2D eigenvalue weighted by molar-refractivity contribution is 0.162. The maximum Gasteiger partial charge on any atom is 0.426 e. The molecule has 2 aromatic heterocycles. The van der Waals surface area contributed by atoms with E-state index in [1.165, 1.54) is 16.1 Å². The Balaban J connectivity index is 1.48. The van der Waals surface area contributed by atoms with Crippen molar-refractivity contribution in [1.29, 1.82) is 0 Å². The molecule has 33 heavy (non-hydrogen) atoms. The third-order valence-electron chi connectivity index (χ3n) is 6.13. The molecule has 0 fully saturated rings. The van der Waals surface area contributed by atoms with E-state index >= 15 is 0 Å². The number of anilines is 2. The Morgan fingerprint density at radius 2 is 1.82 bits per heavy atom. The molecule has 7 heteroatoms. The van der Waals surface area contributed by atoms with E-state index in [1.54, 1.807) is 12.4 Å². The predicted molar refractivity (Wildman–Crippen MR) is 130 cm³/mol. The molecule has 0 bridgehead atoms. The summed E-state index contributed by atoms with van der Waals surface area (Å²) in [5, 5.41) is 16.6. The number of carbonyl (C=O) groups is 1. The van der Waals surface area contributed by atoms with Crippen LogP contribution in [0, 0.1) is 0 Å². The number of hydrazine groups is 1. The van der Waals surface area contributed by atoms with Crippen molar-refractivity contribution >= 4 is 28.4 Å². The molecule has 1 amide bonds. The molecule has 168 valence electrons. The van der Waals surface area contributed by atoms with E-state index in [2.05, 4.69) is 33.7 Å². The summed E-state index contributed by atoms with van der Waals surface area (Å²) in [5.41, 5.74) is 5.21. The Hall–Kier alpha value is -3.84. The minimum Gasteiger partial charge on any atom is -0.464 e. The van der Waals surface area contributed by atoms with Crippen LogP contribution >= 0.6 is 0 Å². The maximum absolute atomic E-state index is 12.3. The van der Waals surface area contributed by atoms with Gasteiger partial charge in [-0.25, -0.2) is 14.8 Å². The first-order chi connectivity index (χ1) is 16.2. The quantitative estimate of drug-likeness (QED) is 0.447. The zero-order valence-electron chi connectivity index (χ0n) is 18.6. The second kappa shape index (κ2) is 8.96. The van der Waals surface area contributed by atoms with Crippen LogP contribution in [0.1, 0.15) is 24.5 Å². The molecular formula is C26H27N5O2. The SMILES string of the molecule is CCCN(c1ccncc1)n1ccc2cc(N(C(=O)O)N3CCc4ccccc4C3)ccc21. The van der Waals surface area contributed by atoms with Crippen LogP contribution in [0.15, 0.2) is 79.3 Å². The zero-order valence-corrected chi connectivity index (χ0v) is 18.6. The molecule has 4 aromatic rings. The fourth-order valence-electron chi connectivity index (χ4n) is 4.59. The van der Waals surface area contributed by atoms with E-state index < -0.39 is 6.09 Å². The number of rotatable bonds is 6. The minimum atomic E-state index is -0.974. The Bertz CT molecular complexity index is 1270. The van der Waals surface area contributed by atoms with Gasteiger partial charge in [0.25, 0.3) is 0 Å². The fourth-order valence-corrected chi connectivity index (χ4v) is 4.59. The van der Waals surface area contributed by atoms with Gasteiger partial charge < -0.3 is 5.11 Å². The zero-order chi connectivity index (χ0) is 22.8. The van der Waals surface area contributed by atoms with E-state index in [-0.39, 0.29) is 0 Å². The van der Waals surface area contributed by atoms with Crippen LogP contribution in [-0.2, 0) is 13.0 Å². The molecule has 0 unspecified atom stereocenters. The third-order valence-corrected chi connectivity index (χ3v) is 6.13. The maximum atomic E-state index is 12.3. The number of amides is 1. The van der Waals surface area contributed by atoms with Gasteiger partial charge in [0.1, 0.15) is 0 Å². The first-order valence-electron chi connectivity index (χ1n) is 11.3. The standard InChI is InChI=1S/C26H27N5O2/c1-2-15-29(23-9-13-27-14-10-23)30-17-12-21-18-24(7-8-25(21)30)31(26(32)33)28-16-11-20-5-3-4-6-22(20)19-28/h3-10,12-14,17-18H,2,11,15-16,19H2,1H3,(H,32,33). The molecular weight excluding hydrogens is 414 g/mol. The number of aromatic nitrogens is 2. The molecule has 1 N–H and O–H groups in total. The average molecular weight is 442 g/mol. The number of carboxylic acid groups (broad SMARTS) is 1. The van der Waals surface area contributed by atoms with E-state index in [0.29, 0.717) is 18.8 Å². The van der Waals surface area contributed by atoms with Crippen LogP contribution in [0.25, 0.3) is 10.9 Å². The molecule has 0 radical (unpaired) electrons. The lowest BCUT2D eigenvalue weighted by Gasteiger charge is -2.36. The van der Waals surface area contributed by atoms with Crippen LogP contribution in [0.5, 0.6) is 0 Å². The highest BCUT2D eigenvalue weighted by Crippen LogP contribution is 2.29. The van der Waals surface area contributed by atoms with Crippen LogP contribution in [0.3, 0.4) is 0 Å². The largest absolute Gasteiger partial charge is 0.464 e. The number of benzene rings is 2. The van der Waals surface area contributed by atoms with Gasteiger partial charge in [-0.15, -0.1) is 0 Å². The van der Waals surface area contributed by atoms with Crippen LogP contribution in [0.2, 0.25) is 0 Å². The molecule has 5 rings (SSSR count). The predicted octanol–water partition coefficient (Wildman–Crippen LogP) is 5.17. The van der Waals surface area contributed by atoms with Gasteiger partial charge in [0.05, 0.1) is 16.9 Å². The first kappa shape index (κ1) is 21.0. The monoisotopic (exact) mass is 441 g/mol. The van der Waals surface area contributed by atoms with Crippen molar-refractivity contribution < 1.29 is 9.90 Å². The molecule has 0 atom stereocenters. The molecule has 3 heterocycles. The number of hydrogen-bond acceptors (Lipinski definition) is 4. The third kappa shape index (κ3) is 4.03. The van der Waals surface area contributed by atoms with Crippen molar-refractivity contribution in [2.75, 3.05) is 23.1 Å². The molecule has 0 saturated carbocycles. The van der Waals surface area contributed by atoms with E-state index in [9.17, 15) is 9.90 Å². The number of hydrogen-bond donors (Lipinski definition) is 1. The van der Waals surface area contributed by atoms with Gasteiger partial charge in [-0.3, -0.25) is 14.7 Å². The van der Waals surface area contributed by atoms with Gasteiger partial charge in [-0.05, 0) is 60.4 Å². The highest BCUT2D eigenvalue weighted by molar-refractivity contribution is 5.91. The summed E-state index contributed by atoms with van der Waals surface area (Å²) in [7, 11) is 0. The van der Waals surface area contributed by atoms with E-state index in [4.69, 9.17) is 0 Å². The number of nitrogens with zero attached hydrogens (tertiary/aromatic N) is 5. The van der Waals surface area contributed by atoms with Crippen molar-refractivity contribution in [2.24, 2.45) is 0 Å². The Kier molecular flexibility index (Phi) is 5.71. The van der Waals surface area contributed by atoms with Gasteiger partial charge in [-0.1, -0.05) is 31.2 Å². The van der Waals surface area contributed by atoms with Crippen molar-refractivity contribution in [3.63, 3.8) is 0 Å². The lowest BCUT2D eigenvalue weighted by Crippen LogP contribution is -2.48. The number of pyridine rings is 1. The first-order valence-corrected chi connectivity index (χ1v) is 11.3. The summed E-state index contributed by atoms with van der Waals surface area (Å²) in [5.74, 6) is 0. The average Bonchev–Trinajstić information content (AvgIpc) is 3.26. The minimum absolute atomic E-state index is 0.577. The van der Waals surface area contributed by atoms with Crippen LogP contribution < -0.4 is 10.0 Å². The summed E-state index contributed by atoms with van der Waals surface area (Å²) in [6, 6.07) is 20.1. The van der Waals surface area contributed by atoms with Crippen molar-refractivity contribution in [3.05, 3.63) is 90.4 Å². The van der Waals surface area contributed by atoms with E-state index in [0.717, 1.165) is 36.0 Å². The Morgan fingerprint density at radius 1 is 1.03 bits per heavy atom. The second-order valence-electron chi connectivity index (χ2n) is 8.23. The topological polar surface area (TPSA) is 64.8 Å². The van der Waals surface area contributed by atoms with Crippen molar-refractivity contribution in [2.45, 2.75) is 26.3 Å². The van der Waals surface area contributed by atoms with Crippen molar-refractivity contribution in [3.8, 4) is 0 Å². The van der Waals surface area contributed by atoms with Gasteiger partial charge in [-0.2, -0.15) is 0 Å². The Morgan fingerprint density at radius 3 is 2.58 bits per heavy atom. The molecule has 0 aliphatic carbocycles. The Labute approximate surface area is 193 Å². The van der Waals surface area contributed by atoms with E-state index in [1.807, 2.05) is 59.7 Å². The summed E-state index contributed by atoms with van der Waals surface area (Å²) < 4.78 is 2.13. The summed E-state index contributed by atoms with van der Waals surface area (Å²) in [6.07, 6.45) is 6.47. The molecule has 0 saturated heterocycles. The smallest absolute Gasteiger partial charge is 0.426 e. The second-order valence-corrected chi connectivity index (χ2v) is 8.23. The highest BCUT2D eigenvalue weighted by atomic mass is 16.4. The van der Waals surface area contributed by atoms with Gasteiger partial charge >= 0.3 is 6.09 Å². The highest BCUT2D eigenvalue weighted by Gasteiger charge is 2.27. The molecule has 2 aromatic carbocycles. The van der Waals surface area contributed by atoms with Gasteiger partial charge in [0, 0.05) is 43.6 Å². The summed E-state index contributed by atoms with van der Waals surface area (Å²) in [4.78, 5) is 16.4. The fraction of sp³-hybridized carbons (Fsp3) is 0.231. The lowest BCUT2D eigenvalue weighted by atomic mass is 10.0.